The van der Waals surface area contributed by atoms with Crippen molar-refractivity contribution in [1.29, 1.82) is 0 Å². The zero-order valence-corrected chi connectivity index (χ0v) is 11.7. The standard InChI is InChI=1S/C16H15FN2O2/c1-18(10-12-5-4-6-13(17)9-12)11-19-14-7-2-3-8-15(14)21-16(19)20/h2-9H,10-11H2,1H3/p+1. The molecule has 1 heterocycles. The molecule has 4 nitrogen and oxygen atoms in total. The highest BCUT2D eigenvalue weighted by atomic mass is 19.1. The Balaban J connectivity index is 1.82. The van der Waals surface area contributed by atoms with Gasteiger partial charge in [0.05, 0.1) is 12.6 Å². The van der Waals surface area contributed by atoms with Gasteiger partial charge >= 0.3 is 5.76 Å². The Labute approximate surface area is 121 Å². The number of rotatable bonds is 4. The van der Waals surface area contributed by atoms with Crippen LogP contribution in [0.2, 0.25) is 0 Å². The lowest BCUT2D eigenvalue weighted by Gasteiger charge is -2.14. The maximum absolute atomic E-state index is 13.2. The van der Waals surface area contributed by atoms with Crippen LogP contribution in [0.3, 0.4) is 0 Å². The van der Waals surface area contributed by atoms with Crippen LogP contribution in [0, 0.1) is 5.82 Å². The second-order valence-corrected chi connectivity index (χ2v) is 5.19. The summed E-state index contributed by atoms with van der Waals surface area (Å²) < 4.78 is 20.0. The molecule has 5 heteroatoms. The third-order valence-electron chi connectivity index (χ3n) is 3.40. The lowest BCUT2D eigenvalue weighted by molar-refractivity contribution is -0.916. The molecule has 3 rings (SSSR count). The molecule has 0 saturated carbocycles. The Hall–Kier alpha value is -2.40. The van der Waals surface area contributed by atoms with E-state index >= 15 is 0 Å². The minimum Gasteiger partial charge on any atom is -0.408 e. The van der Waals surface area contributed by atoms with Gasteiger partial charge in [0.2, 0.25) is 0 Å². The predicted octanol–water partition coefficient (Wildman–Crippen LogP) is 1.41. The quantitative estimate of drug-likeness (QED) is 0.788. The lowest BCUT2D eigenvalue weighted by Crippen LogP contribution is -3.07. The van der Waals surface area contributed by atoms with E-state index in [9.17, 15) is 9.18 Å². The summed E-state index contributed by atoms with van der Waals surface area (Å²) in [6.07, 6.45) is 0. The van der Waals surface area contributed by atoms with Crippen molar-refractivity contribution in [3.05, 3.63) is 70.5 Å². The van der Waals surface area contributed by atoms with E-state index in [0.29, 0.717) is 18.8 Å². The molecule has 0 fully saturated rings. The topological polar surface area (TPSA) is 39.6 Å². The largest absolute Gasteiger partial charge is 0.424 e. The molecule has 1 aromatic heterocycles. The van der Waals surface area contributed by atoms with Crippen LogP contribution in [0.1, 0.15) is 5.56 Å². The normalized spacial score (nSPS) is 12.7. The van der Waals surface area contributed by atoms with E-state index in [1.807, 2.05) is 31.3 Å². The second-order valence-electron chi connectivity index (χ2n) is 5.19. The average molecular weight is 287 g/mol. The number of para-hydroxylation sites is 2. The van der Waals surface area contributed by atoms with Gasteiger partial charge in [-0.25, -0.2) is 13.8 Å². The maximum atomic E-state index is 13.2. The first-order chi connectivity index (χ1) is 10.1. The number of hydrogen-bond donors (Lipinski definition) is 1. The number of aromatic nitrogens is 1. The molecule has 2 aromatic carbocycles. The van der Waals surface area contributed by atoms with E-state index in [1.54, 1.807) is 16.7 Å². The van der Waals surface area contributed by atoms with E-state index in [2.05, 4.69) is 0 Å². The summed E-state index contributed by atoms with van der Waals surface area (Å²) in [7, 11) is 1.96. The highest BCUT2D eigenvalue weighted by molar-refractivity contribution is 5.72. The Morgan fingerprint density at radius 1 is 1.19 bits per heavy atom. The zero-order valence-electron chi connectivity index (χ0n) is 11.7. The first kappa shape index (κ1) is 13.6. The van der Waals surface area contributed by atoms with Crippen molar-refractivity contribution in [3.63, 3.8) is 0 Å². The number of nitrogens with one attached hydrogen (secondary N) is 1. The van der Waals surface area contributed by atoms with Gasteiger partial charge in [-0.2, -0.15) is 0 Å². The van der Waals surface area contributed by atoms with E-state index in [-0.39, 0.29) is 11.6 Å². The van der Waals surface area contributed by atoms with E-state index in [4.69, 9.17) is 4.42 Å². The van der Waals surface area contributed by atoms with Gasteiger partial charge in [-0.05, 0) is 24.3 Å². The van der Waals surface area contributed by atoms with E-state index < -0.39 is 0 Å². The third-order valence-corrected chi connectivity index (χ3v) is 3.40. The SMILES string of the molecule is C[NH+](Cc1cccc(F)c1)Cn1c(=O)oc2ccccc21. The number of hydrogen-bond acceptors (Lipinski definition) is 2. The highest BCUT2D eigenvalue weighted by Crippen LogP contribution is 2.10. The second kappa shape index (κ2) is 5.54. The number of halogens is 1. The number of quaternary nitrogens is 1. The van der Waals surface area contributed by atoms with Crippen LogP contribution >= 0.6 is 0 Å². The fourth-order valence-corrected chi connectivity index (χ4v) is 2.48. The van der Waals surface area contributed by atoms with Crippen molar-refractivity contribution in [2.24, 2.45) is 0 Å². The van der Waals surface area contributed by atoms with Gasteiger partial charge in [0, 0.05) is 5.56 Å². The van der Waals surface area contributed by atoms with E-state index in [0.717, 1.165) is 16.0 Å². The lowest BCUT2D eigenvalue weighted by atomic mass is 10.2. The number of oxazole rings is 1. The monoisotopic (exact) mass is 287 g/mol. The molecule has 21 heavy (non-hydrogen) atoms. The predicted molar refractivity (Wildman–Crippen MR) is 77.5 cm³/mol. The molecule has 0 bridgehead atoms. The van der Waals surface area contributed by atoms with Crippen LogP contribution in [-0.2, 0) is 13.2 Å². The molecule has 1 unspecified atom stereocenters. The van der Waals surface area contributed by atoms with Crippen LogP contribution in [0.15, 0.2) is 57.7 Å². The smallest absolute Gasteiger partial charge is 0.408 e. The first-order valence-corrected chi connectivity index (χ1v) is 6.77. The molecular formula is C16H16FN2O2+. The van der Waals surface area contributed by atoms with Crippen molar-refractivity contribution in [2.45, 2.75) is 13.2 Å². The Kier molecular flexibility index (Phi) is 3.58. The Morgan fingerprint density at radius 2 is 2.00 bits per heavy atom. The minimum absolute atomic E-state index is 0.244. The van der Waals surface area contributed by atoms with Gasteiger partial charge in [-0.1, -0.05) is 24.3 Å². The summed E-state index contributed by atoms with van der Waals surface area (Å²) in [5.74, 6) is -0.610. The summed E-state index contributed by atoms with van der Waals surface area (Å²) in [6, 6.07) is 13.8. The molecule has 3 aromatic rings. The summed E-state index contributed by atoms with van der Waals surface area (Å²) in [5, 5.41) is 0. The Bertz CT molecular complexity index is 822. The van der Waals surface area contributed by atoms with Crippen LogP contribution < -0.4 is 10.7 Å². The summed E-state index contributed by atoms with van der Waals surface area (Å²) >= 11 is 0. The fraction of sp³-hybridized carbons (Fsp3) is 0.188. The van der Waals surface area contributed by atoms with Gasteiger partial charge < -0.3 is 9.32 Å². The molecule has 0 aliphatic heterocycles. The Morgan fingerprint density at radius 3 is 2.81 bits per heavy atom. The third kappa shape index (κ3) is 2.87. The molecule has 0 aliphatic rings. The van der Waals surface area contributed by atoms with Gasteiger partial charge in [0.25, 0.3) is 0 Å². The summed E-state index contributed by atoms with van der Waals surface area (Å²) in [6.45, 7) is 1.09. The minimum atomic E-state index is -0.366. The van der Waals surface area contributed by atoms with Crippen molar-refractivity contribution in [3.8, 4) is 0 Å². The van der Waals surface area contributed by atoms with Crippen LogP contribution in [0.4, 0.5) is 4.39 Å². The zero-order chi connectivity index (χ0) is 14.8. The highest BCUT2D eigenvalue weighted by Gasteiger charge is 2.13. The van der Waals surface area contributed by atoms with Gasteiger partial charge in [-0.3, -0.25) is 0 Å². The van der Waals surface area contributed by atoms with Gasteiger partial charge in [0.15, 0.2) is 12.3 Å². The molecule has 1 atom stereocenters. The van der Waals surface area contributed by atoms with Gasteiger partial charge in [-0.15, -0.1) is 0 Å². The molecule has 108 valence electrons. The van der Waals surface area contributed by atoms with Crippen LogP contribution in [0.25, 0.3) is 11.1 Å². The molecule has 0 spiro atoms. The number of fused-ring (bicyclic) bond motifs is 1. The first-order valence-electron chi connectivity index (χ1n) is 6.77. The fourth-order valence-electron chi connectivity index (χ4n) is 2.48. The molecule has 0 amide bonds. The van der Waals surface area contributed by atoms with Crippen LogP contribution in [-0.4, -0.2) is 11.6 Å². The van der Waals surface area contributed by atoms with Crippen molar-refractivity contribution >= 4 is 11.1 Å². The maximum Gasteiger partial charge on any atom is 0.424 e. The average Bonchev–Trinajstić information content (AvgIpc) is 2.75. The van der Waals surface area contributed by atoms with Gasteiger partial charge in [0.1, 0.15) is 12.4 Å². The molecule has 0 aliphatic carbocycles. The molecule has 1 N–H and O–H groups in total. The number of nitrogens with zero attached hydrogens (tertiary/aromatic N) is 1. The molecule has 0 saturated heterocycles. The van der Waals surface area contributed by atoms with Crippen molar-refractivity contribution < 1.29 is 13.7 Å². The van der Waals surface area contributed by atoms with Crippen LogP contribution in [0.5, 0.6) is 0 Å². The van der Waals surface area contributed by atoms with E-state index in [1.165, 1.54) is 12.1 Å². The van der Waals surface area contributed by atoms with Crippen molar-refractivity contribution in [2.75, 3.05) is 7.05 Å². The van der Waals surface area contributed by atoms with Crippen molar-refractivity contribution in [1.82, 2.24) is 4.57 Å². The summed E-state index contributed by atoms with van der Waals surface area (Å²) in [4.78, 5) is 13.0. The molecule has 0 radical (unpaired) electrons. The summed E-state index contributed by atoms with van der Waals surface area (Å²) in [5.41, 5.74) is 2.26. The molecular weight excluding hydrogens is 271 g/mol. The number of benzene rings is 2.